The fourth-order valence-corrected chi connectivity index (χ4v) is 2.41. The normalized spacial score (nSPS) is 29.9. The first-order valence-corrected chi connectivity index (χ1v) is 8.14. The summed E-state index contributed by atoms with van der Waals surface area (Å²) in [5.41, 5.74) is -2.02. The summed E-state index contributed by atoms with van der Waals surface area (Å²) in [5, 5.41) is 10.3. The molecule has 0 aromatic heterocycles. The minimum absolute atomic E-state index is 0.438. The lowest BCUT2D eigenvalue weighted by atomic mass is 9.93. The number of aliphatic hydroxyl groups excluding tert-OH is 1. The second kappa shape index (κ2) is 6.73. The Kier molecular flexibility index (Phi) is 6.07. The van der Waals surface area contributed by atoms with Crippen LogP contribution in [0.4, 0.5) is 0 Å². The molecule has 0 unspecified atom stereocenters. The summed E-state index contributed by atoms with van der Waals surface area (Å²) in [4.78, 5) is 22.5. The van der Waals surface area contributed by atoms with Gasteiger partial charge < -0.3 is 5.11 Å². The van der Waals surface area contributed by atoms with Gasteiger partial charge in [0.2, 0.25) is 0 Å². The van der Waals surface area contributed by atoms with Crippen LogP contribution in [0.1, 0.15) is 81.1 Å². The summed E-state index contributed by atoms with van der Waals surface area (Å²) >= 11 is 0. The van der Waals surface area contributed by atoms with Crippen LogP contribution < -0.4 is 0 Å². The number of hydrogen-bond acceptors (Lipinski definition) is 5. The van der Waals surface area contributed by atoms with Crippen molar-refractivity contribution >= 4 is 0 Å². The molecule has 22 heavy (non-hydrogen) atoms. The predicted molar refractivity (Wildman–Crippen MR) is 85.1 cm³/mol. The molecule has 1 saturated heterocycles. The van der Waals surface area contributed by atoms with Gasteiger partial charge in [0, 0.05) is 12.8 Å². The molecule has 1 fully saturated rings. The molecule has 1 aliphatic rings. The van der Waals surface area contributed by atoms with Crippen LogP contribution in [0, 0.1) is 0 Å². The van der Waals surface area contributed by atoms with E-state index in [0.717, 1.165) is 12.8 Å². The third-order valence-electron chi connectivity index (χ3n) is 3.77. The molecule has 5 nitrogen and oxygen atoms in total. The Bertz CT molecular complexity index is 326. The molecule has 5 heteroatoms. The largest absolute Gasteiger partial charge is 0.393 e. The lowest BCUT2D eigenvalue weighted by Gasteiger charge is -2.33. The lowest BCUT2D eigenvalue weighted by Crippen LogP contribution is -2.37. The fourth-order valence-electron chi connectivity index (χ4n) is 2.41. The van der Waals surface area contributed by atoms with Crippen molar-refractivity contribution in [3.63, 3.8) is 0 Å². The van der Waals surface area contributed by atoms with Gasteiger partial charge in [-0.2, -0.15) is 0 Å². The van der Waals surface area contributed by atoms with E-state index < -0.39 is 28.5 Å². The van der Waals surface area contributed by atoms with E-state index >= 15 is 0 Å². The van der Waals surface area contributed by atoms with Crippen molar-refractivity contribution in [3.05, 3.63) is 0 Å². The Balaban J connectivity index is 2.90. The van der Waals surface area contributed by atoms with E-state index in [2.05, 4.69) is 0 Å². The molecule has 132 valence electrons. The molecular formula is C17H34O5. The molecule has 0 aromatic rings. The molecule has 0 radical (unpaired) electrons. The summed E-state index contributed by atoms with van der Waals surface area (Å²) in [6.07, 6.45) is 1.88. The first-order valence-electron chi connectivity index (χ1n) is 8.14. The van der Waals surface area contributed by atoms with Crippen molar-refractivity contribution in [1.82, 2.24) is 0 Å². The van der Waals surface area contributed by atoms with E-state index in [0.29, 0.717) is 12.8 Å². The molecule has 1 N–H and O–H groups in total. The minimum Gasteiger partial charge on any atom is -0.393 e. The molecule has 0 saturated carbocycles. The molecule has 0 atom stereocenters. The van der Waals surface area contributed by atoms with Crippen LogP contribution in [-0.2, 0) is 19.6 Å². The molecular weight excluding hydrogens is 284 g/mol. The quantitative estimate of drug-likeness (QED) is 0.686. The highest BCUT2D eigenvalue weighted by atomic mass is 17.2. The molecule has 0 spiro atoms. The van der Waals surface area contributed by atoms with Gasteiger partial charge in [-0.15, -0.1) is 0 Å². The van der Waals surface area contributed by atoms with Crippen molar-refractivity contribution < 1.29 is 24.7 Å². The molecule has 1 rings (SSSR count). The highest BCUT2D eigenvalue weighted by molar-refractivity contribution is 4.81. The Labute approximate surface area is 135 Å². The molecule has 1 heterocycles. The summed E-state index contributed by atoms with van der Waals surface area (Å²) < 4.78 is 0. The van der Waals surface area contributed by atoms with Crippen LogP contribution in [0.2, 0.25) is 0 Å². The van der Waals surface area contributed by atoms with Gasteiger partial charge in [-0.25, -0.2) is 19.6 Å². The molecule has 1 aliphatic heterocycles. The zero-order valence-electron chi connectivity index (χ0n) is 15.5. The Morgan fingerprint density at radius 1 is 0.591 bits per heavy atom. The Hall–Kier alpha value is -0.200. The summed E-state index contributed by atoms with van der Waals surface area (Å²) in [6, 6.07) is 0. The second-order valence-corrected chi connectivity index (χ2v) is 8.93. The van der Waals surface area contributed by atoms with Gasteiger partial charge in [0.15, 0.2) is 0 Å². The van der Waals surface area contributed by atoms with E-state index in [4.69, 9.17) is 19.6 Å². The first kappa shape index (κ1) is 19.8. The second-order valence-electron chi connectivity index (χ2n) is 8.93. The van der Waals surface area contributed by atoms with E-state index in [1.165, 1.54) is 0 Å². The number of hydrogen-bond donors (Lipinski definition) is 1. The van der Waals surface area contributed by atoms with Crippen molar-refractivity contribution in [2.45, 2.75) is 110 Å². The van der Waals surface area contributed by atoms with E-state index in [9.17, 15) is 5.11 Å². The van der Waals surface area contributed by atoms with Crippen LogP contribution in [0.5, 0.6) is 0 Å². The Morgan fingerprint density at radius 3 is 1.18 bits per heavy atom. The molecule has 0 aromatic carbocycles. The summed E-state index contributed by atoms with van der Waals surface area (Å²) in [7, 11) is 0. The maximum atomic E-state index is 10.3. The van der Waals surface area contributed by atoms with Crippen molar-refractivity contribution in [2.75, 3.05) is 0 Å². The average Bonchev–Trinajstić information content (AvgIpc) is 2.31. The molecule has 0 amide bonds. The topological polar surface area (TPSA) is 57.2 Å². The van der Waals surface area contributed by atoms with E-state index in [-0.39, 0.29) is 0 Å². The molecule has 0 bridgehead atoms. The zero-order chi connectivity index (χ0) is 17.2. The van der Waals surface area contributed by atoms with Gasteiger partial charge in [0.25, 0.3) is 0 Å². The SMILES string of the molecule is CC1(C)CCC(C)(C)OOC(C)(C)CC(O)CC(C)(C)OO1. The lowest BCUT2D eigenvalue weighted by molar-refractivity contribution is -0.410. The van der Waals surface area contributed by atoms with Gasteiger partial charge in [-0.05, 0) is 68.2 Å². The third-order valence-corrected chi connectivity index (χ3v) is 3.77. The van der Waals surface area contributed by atoms with E-state index in [1.54, 1.807) is 0 Å². The maximum Gasteiger partial charge on any atom is 0.100 e. The predicted octanol–water partition coefficient (Wildman–Crippen LogP) is 3.93. The van der Waals surface area contributed by atoms with Crippen LogP contribution in [-0.4, -0.2) is 33.6 Å². The average molecular weight is 318 g/mol. The minimum atomic E-state index is -0.572. The Morgan fingerprint density at radius 2 is 0.864 bits per heavy atom. The zero-order valence-corrected chi connectivity index (χ0v) is 15.5. The van der Waals surface area contributed by atoms with Gasteiger partial charge in [-0.3, -0.25) is 0 Å². The fraction of sp³-hybridized carbons (Fsp3) is 1.00. The first-order chi connectivity index (χ1) is 9.72. The van der Waals surface area contributed by atoms with Gasteiger partial charge in [0.05, 0.1) is 17.3 Å². The van der Waals surface area contributed by atoms with Crippen LogP contribution >= 0.6 is 0 Å². The highest BCUT2D eigenvalue weighted by Gasteiger charge is 2.35. The van der Waals surface area contributed by atoms with Crippen molar-refractivity contribution in [1.29, 1.82) is 0 Å². The van der Waals surface area contributed by atoms with Crippen molar-refractivity contribution in [3.8, 4) is 0 Å². The maximum absolute atomic E-state index is 10.3. The van der Waals surface area contributed by atoms with Gasteiger partial charge in [-0.1, -0.05) is 0 Å². The summed E-state index contributed by atoms with van der Waals surface area (Å²) in [6.45, 7) is 15.6. The highest BCUT2D eigenvalue weighted by Crippen LogP contribution is 2.32. The van der Waals surface area contributed by atoms with Crippen LogP contribution in [0.15, 0.2) is 0 Å². The van der Waals surface area contributed by atoms with Gasteiger partial charge >= 0.3 is 0 Å². The monoisotopic (exact) mass is 318 g/mol. The van der Waals surface area contributed by atoms with E-state index in [1.807, 2.05) is 55.4 Å². The smallest absolute Gasteiger partial charge is 0.100 e. The summed E-state index contributed by atoms with van der Waals surface area (Å²) in [5.74, 6) is 0. The van der Waals surface area contributed by atoms with Crippen LogP contribution in [0.25, 0.3) is 0 Å². The number of rotatable bonds is 0. The van der Waals surface area contributed by atoms with Crippen molar-refractivity contribution in [2.24, 2.45) is 0 Å². The van der Waals surface area contributed by atoms with Gasteiger partial charge in [0.1, 0.15) is 11.2 Å². The third kappa shape index (κ3) is 7.38. The van der Waals surface area contributed by atoms with Crippen LogP contribution in [0.3, 0.4) is 0 Å². The molecule has 0 aliphatic carbocycles. The number of aliphatic hydroxyl groups is 1. The standard InChI is InChI=1S/C17H34O5/c1-14(2)9-10-15(3,4)20-22-17(7,8)12-13(18)11-16(5,6)21-19-14/h13,18H,9-12H2,1-8H3.